The average Bonchev–Trinajstić information content (AvgIpc) is 3.11. The summed E-state index contributed by atoms with van der Waals surface area (Å²) in [5.41, 5.74) is 2.03. The summed E-state index contributed by atoms with van der Waals surface area (Å²) in [5.74, 6) is 6.97. The zero-order chi connectivity index (χ0) is 21.1. The molecule has 6 nitrogen and oxygen atoms in total. The van der Waals surface area contributed by atoms with E-state index in [4.69, 9.17) is 5.84 Å². The number of benzene rings is 3. The Morgan fingerprint density at radius 3 is 2.47 bits per heavy atom. The normalized spacial score (nSPS) is 12.1. The van der Waals surface area contributed by atoms with Crippen molar-refractivity contribution in [2.24, 2.45) is 0 Å². The van der Waals surface area contributed by atoms with Crippen LogP contribution in [0.5, 0.6) is 0 Å². The van der Waals surface area contributed by atoms with Crippen molar-refractivity contribution in [1.82, 2.24) is 19.8 Å². The molecule has 3 aromatic carbocycles. The van der Waals surface area contributed by atoms with Crippen LogP contribution in [0.1, 0.15) is 22.2 Å². The molecule has 0 fully saturated rings. The molecular formula is C23H23N5OS. The third kappa shape index (κ3) is 4.02. The van der Waals surface area contributed by atoms with Gasteiger partial charge in [0.05, 0.1) is 0 Å². The highest BCUT2D eigenvalue weighted by Gasteiger charge is 2.26. The first-order chi connectivity index (χ1) is 14.5. The largest absolute Gasteiger partial charge is 0.348 e. The predicted octanol–water partition coefficient (Wildman–Crippen LogP) is 3.66. The molecule has 4 aromatic rings. The Balaban J connectivity index is 1.63. The Labute approximate surface area is 179 Å². The number of amides is 1. The van der Waals surface area contributed by atoms with E-state index in [2.05, 4.69) is 34.5 Å². The van der Waals surface area contributed by atoms with Gasteiger partial charge >= 0.3 is 0 Å². The zero-order valence-corrected chi connectivity index (χ0v) is 17.7. The molecule has 4 rings (SSSR count). The second kappa shape index (κ2) is 8.59. The van der Waals surface area contributed by atoms with Gasteiger partial charge in [-0.1, -0.05) is 84.6 Å². The van der Waals surface area contributed by atoms with Crippen LogP contribution in [0.25, 0.3) is 10.8 Å². The lowest BCUT2D eigenvalue weighted by molar-refractivity contribution is -0.128. The van der Waals surface area contributed by atoms with Crippen LogP contribution in [-0.4, -0.2) is 39.8 Å². The molecule has 0 aliphatic carbocycles. The van der Waals surface area contributed by atoms with Crippen LogP contribution in [0.4, 0.5) is 0 Å². The minimum Gasteiger partial charge on any atom is -0.348 e. The summed E-state index contributed by atoms with van der Waals surface area (Å²) in [4.78, 5) is 14.4. The molecule has 1 amide bonds. The fourth-order valence-corrected chi connectivity index (χ4v) is 4.48. The van der Waals surface area contributed by atoms with Crippen LogP contribution < -0.4 is 5.84 Å². The van der Waals surface area contributed by atoms with Gasteiger partial charge in [0.15, 0.2) is 5.82 Å². The number of fused-ring (bicyclic) bond motifs is 1. The number of thioether (sulfide) groups is 1. The van der Waals surface area contributed by atoms with Crippen LogP contribution in [0, 0.1) is 0 Å². The summed E-state index contributed by atoms with van der Waals surface area (Å²) < 4.78 is 1.49. The van der Waals surface area contributed by atoms with Crippen molar-refractivity contribution >= 4 is 28.4 Å². The molecule has 2 N–H and O–H groups in total. The van der Waals surface area contributed by atoms with Gasteiger partial charge in [0.2, 0.25) is 11.1 Å². The lowest BCUT2D eigenvalue weighted by atomic mass is 10.0. The van der Waals surface area contributed by atoms with Crippen molar-refractivity contribution in [2.75, 3.05) is 19.9 Å². The maximum absolute atomic E-state index is 12.8. The van der Waals surface area contributed by atoms with E-state index in [-0.39, 0.29) is 5.91 Å². The van der Waals surface area contributed by atoms with Crippen LogP contribution in [-0.2, 0) is 11.2 Å². The van der Waals surface area contributed by atoms with Crippen LogP contribution in [0.3, 0.4) is 0 Å². The quantitative estimate of drug-likeness (QED) is 0.383. The van der Waals surface area contributed by atoms with E-state index in [0.29, 0.717) is 17.4 Å². The molecule has 0 aliphatic rings. The van der Waals surface area contributed by atoms with Crippen molar-refractivity contribution in [3.8, 4) is 0 Å². The smallest absolute Gasteiger partial charge is 0.240 e. The highest BCUT2D eigenvalue weighted by molar-refractivity contribution is 8.00. The summed E-state index contributed by atoms with van der Waals surface area (Å²) >= 11 is 1.31. The highest BCUT2D eigenvalue weighted by atomic mass is 32.2. The minimum absolute atomic E-state index is 0.0233. The van der Waals surface area contributed by atoms with Gasteiger partial charge in [-0.05, 0) is 21.9 Å². The second-order valence-corrected chi connectivity index (χ2v) is 8.30. The molecule has 30 heavy (non-hydrogen) atoms. The molecule has 0 aliphatic heterocycles. The SMILES string of the molecule is CN(C)C(=O)[C@@H](Sc1nnc(Cc2cccc3ccccc23)n1N)c1ccccc1. The van der Waals surface area contributed by atoms with E-state index >= 15 is 0 Å². The fourth-order valence-electron chi connectivity index (χ4n) is 3.35. The van der Waals surface area contributed by atoms with Crippen molar-refractivity contribution in [3.05, 3.63) is 89.7 Å². The van der Waals surface area contributed by atoms with Crippen LogP contribution in [0.2, 0.25) is 0 Å². The Morgan fingerprint density at radius 2 is 1.70 bits per heavy atom. The lowest BCUT2D eigenvalue weighted by Crippen LogP contribution is -2.27. The first kappa shape index (κ1) is 20.0. The third-order valence-electron chi connectivity index (χ3n) is 4.95. The number of nitrogens with two attached hydrogens (primary N) is 1. The number of nitrogen functional groups attached to an aromatic ring is 1. The molecule has 152 valence electrons. The van der Waals surface area contributed by atoms with Crippen molar-refractivity contribution in [1.29, 1.82) is 0 Å². The van der Waals surface area contributed by atoms with E-state index in [1.165, 1.54) is 27.2 Å². The molecule has 0 saturated heterocycles. The molecule has 0 bridgehead atoms. The summed E-state index contributed by atoms with van der Waals surface area (Å²) in [5, 5.41) is 11.0. The molecule has 1 aromatic heterocycles. The van der Waals surface area contributed by atoms with Crippen molar-refractivity contribution in [3.63, 3.8) is 0 Å². The van der Waals surface area contributed by atoms with Gasteiger partial charge < -0.3 is 10.7 Å². The fraction of sp³-hybridized carbons (Fsp3) is 0.174. The molecule has 0 unspecified atom stereocenters. The Morgan fingerprint density at radius 1 is 1.00 bits per heavy atom. The summed E-state index contributed by atoms with van der Waals surface area (Å²) in [6, 6.07) is 24.1. The molecule has 0 saturated carbocycles. The molecule has 7 heteroatoms. The number of carbonyl (C=O) groups excluding carboxylic acids is 1. The number of hydrogen-bond donors (Lipinski definition) is 1. The number of likely N-dealkylation sites (N-methyl/N-ethyl adjacent to an activating group) is 1. The van der Waals surface area contributed by atoms with Crippen LogP contribution in [0.15, 0.2) is 78.0 Å². The minimum atomic E-state index is -0.446. The Kier molecular flexibility index (Phi) is 5.72. The van der Waals surface area contributed by atoms with Crippen molar-refractivity contribution < 1.29 is 4.79 Å². The van der Waals surface area contributed by atoms with E-state index in [1.807, 2.05) is 48.5 Å². The van der Waals surface area contributed by atoms with Gasteiger partial charge in [-0.3, -0.25) is 4.79 Å². The predicted molar refractivity (Wildman–Crippen MR) is 121 cm³/mol. The van der Waals surface area contributed by atoms with Gasteiger partial charge in [0.25, 0.3) is 0 Å². The highest BCUT2D eigenvalue weighted by Crippen LogP contribution is 2.35. The summed E-state index contributed by atoms with van der Waals surface area (Å²) in [7, 11) is 3.50. The summed E-state index contributed by atoms with van der Waals surface area (Å²) in [6.07, 6.45) is 0.559. The van der Waals surface area contributed by atoms with Gasteiger partial charge in [0.1, 0.15) is 5.25 Å². The molecule has 1 atom stereocenters. The lowest BCUT2D eigenvalue weighted by Gasteiger charge is -2.20. The van der Waals surface area contributed by atoms with Gasteiger partial charge in [0, 0.05) is 20.5 Å². The Hall–Kier alpha value is -3.32. The Bertz CT molecular complexity index is 1170. The molecule has 1 heterocycles. The first-order valence-corrected chi connectivity index (χ1v) is 10.5. The van der Waals surface area contributed by atoms with E-state index in [9.17, 15) is 4.79 Å². The van der Waals surface area contributed by atoms with Gasteiger partial charge in [-0.25, -0.2) is 4.68 Å². The van der Waals surface area contributed by atoms with Gasteiger partial charge in [-0.2, -0.15) is 0 Å². The number of hydrogen-bond acceptors (Lipinski definition) is 5. The maximum Gasteiger partial charge on any atom is 0.240 e. The third-order valence-corrected chi connectivity index (χ3v) is 6.15. The van der Waals surface area contributed by atoms with Crippen molar-refractivity contribution in [2.45, 2.75) is 16.8 Å². The standard InChI is InChI=1S/C23H23N5OS/c1-27(2)22(29)21(17-10-4-3-5-11-17)30-23-26-25-20(28(23)24)15-18-13-8-12-16-9-6-7-14-19(16)18/h3-14,21H,15,24H2,1-2H3/t21-/m0/s1. The summed E-state index contributed by atoms with van der Waals surface area (Å²) in [6.45, 7) is 0. The number of rotatable bonds is 6. The number of nitrogens with zero attached hydrogens (tertiary/aromatic N) is 4. The van der Waals surface area contributed by atoms with E-state index in [1.54, 1.807) is 19.0 Å². The average molecular weight is 418 g/mol. The maximum atomic E-state index is 12.8. The monoisotopic (exact) mass is 417 g/mol. The van der Waals surface area contributed by atoms with E-state index < -0.39 is 5.25 Å². The second-order valence-electron chi connectivity index (χ2n) is 7.23. The zero-order valence-electron chi connectivity index (χ0n) is 16.9. The topological polar surface area (TPSA) is 77.0 Å². The molecule has 0 radical (unpaired) electrons. The van der Waals surface area contributed by atoms with Gasteiger partial charge in [-0.15, -0.1) is 10.2 Å². The first-order valence-electron chi connectivity index (χ1n) is 9.63. The number of carbonyl (C=O) groups is 1. The van der Waals surface area contributed by atoms with Crippen LogP contribution >= 0.6 is 11.8 Å². The molecular weight excluding hydrogens is 394 g/mol. The number of aromatic nitrogens is 3. The van der Waals surface area contributed by atoms with E-state index in [0.717, 1.165) is 11.1 Å². The molecule has 0 spiro atoms.